The third-order valence-electron chi connectivity index (χ3n) is 4.26. The van der Waals surface area contributed by atoms with Gasteiger partial charge in [-0.15, -0.1) is 0 Å². The lowest BCUT2D eigenvalue weighted by Crippen LogP contribution is -2.47. The summed E-state index contributed by atoms with van der Waals surface area (Å²) in [5, 5.41) is 3.35. The van der Waals surface area contributed by atoms with Crippen molar-refractivity contribution in [1.29, 1.82) is 0 Å². The molecule has 25 heavy (non-hydrogen) atoms. The number of esters is 1. The van der Waals surface area contributed by atoms with Crippen molar-refractivity contribution in [3.63, 3.8) is 0 Å². The molecule has 132 valence electrons. The van der Waals surface area contributed by atoms with Crippen molar-refractivity contribution in [3.05, 3.63) is 41.0 Å². The number of hydrazine groups is 1. The standard InChI is InChI=1S/C18H20ClN3O3/c1-2-25-18(24)12-7-9-22(10-8-12)21-17(23)16-5-3-13-11-14(19)4-6-15(13)20-16/h3-6,11-12H,2,7-10H2,1H3,(H,21,23). The van der Waals surface area contributed by atoms with Gasteiger partial charge in [-0.05, 0) is 44.0 Å². The summed E-state index contributed by atoms with van der Waals surface area (Å²) >= 11 is 5.96. The smallest absolute Gasteiger partial charge is 0.309 e. The minimum Gasteiger partial charge on any atom is -0.466 e. The second-order valence-corrected chi connectivity index (χ2v) is 6.42. The number of nitrogens with one attached hydrogen (secondary N) is 1. The first kappa shape index (κ1) is 17.6. The van der Waals surface area contributed by atoms with Gasteiger partial charge in [0.05, 0.1) is 18.0 Å². The number of hydrogen-bond donors (Lipinski definition) is 1. The quantitative estimate of drug-likeness (QED) is 0.848. The lowest BCUT2D eigenvalue weighted by Gasteiger charge is -2.30. The number of ether oxygens (including phenoxy) is 1. The molecule has 0 spiro atoms. The van der Waals surface area contributed by atoms with Crippen molar-refractivity contribution in [2.75, 3.05) is 19.7 Å². The van der Waals surface area contributed by atoms with Crippen LogP contribution in [0.3, 0.4) is 0 Å². The van der Waals surface area contributed by atoms with E-state index >= 15 is 0 Å². The number of fused-ring (bicyclic) bond motifs is 1. The number of benzene rings is 1. The van der Waals surface area contributed by atoms with E-state index in [1.165, 1.54) is 0 Å². The number of piperidine rings is 1. The molecule has 0 aliphatic carbocycles. The maximum absolute atomic E-state index is 12.4. The number of rotatable bonds is 4. The SMILES string of the molecule is CCOC(=O)C1CCN(NC(=O)c2ccc3cc(Cl)ccc3n2)CC1. The topological polar surface area (TPSA) is 71.5 Å². The largest absolute Gasteiger partial charge is 0.466 e. The molecule has 0 atom stereocenters. The Hall–Kier alpha value is -2.18. The maximum atomic E-state index is 12.4. The number of amides is 1. The van der Waals surface area contributed by atoms with Crippen LogP contribution in [-0.2, 0) is 9.53 Å². The number of carbonyl (C=O) groups is 2. The summed E-state index contributed by atoms with van der Waals surface area (Å²) in [4.78, 5) is 28.5. The molecule has 1 fully saturated rings. The molecule has 0 radical (unpaired) electrons. The molecular formula is C18H20ClN3O3. The van der Waals surface area contributed by atoms with E-state index in [1.54, 1.807) is 25.1 Å². The van der Waals surface area contributed by atoms with E-state index in [2.05, 4.69) is 10.4 Å². The highest BCUT2D eigenvalue weighted by molar-refractivity contribution is 6.31. The molecule has 1 aromatic carbocycles. The van der Waals surface area contributed by atoms with Crippen LogP contribution in [0.2, 0.25) is 5.02 Å². The van der Waals surface area contributed by atoms with E-state index in [4.69, 9.17) is 16.3 Å². The lowest BCUT2D eigenvalue weighted by atomic mass is 9.98. The minimum absolute atomic E-state index is 0.0864. The molecule has 0 saturated carbocycles. The van der Waals surface area contributed by atoms with E-state index < -0.39 is 0 Å². The number of aromatic nitrogens is 1. The van der Waals surface area contributed by atoms with Crippen LogP contribution in [0.15, 0.2) is 30.3 Å². The van der Waals surface area contributed by atoms with Gasteiger partial charge in [-0.3, -0.25) is 15.0 Å². The monoisotopic (exact) mass is 361 g/mol. The second-order valence-electron chi connectivity index (χ2n) is 5.99. The average molecular weight is 362 g/mol. The van der Waals surface area contributed by atoms with Crippen molar-refractivity contribution in [2.24, 2.45) is 5.92 Å². The Labute approximate surface area is 151 Å². The molecule has 0 unspecified atom stereocenters. The summed E-state index contributed by atoms with van der Waals surface area (Å²) in [5.41, 5.74) is 3.93. The van der Waals surface area contributed by atoms with E-state index in [0.29, 0.717) is 43.3 Å². The third-order valence-corrected chi connectivity index (χ3v) is 4.49. The molecular weight excluding hydrogens is 342 g/mol. The maximum Gasteiger partial charge on any atom is 0.309 e. The second kappa shape index (κ2) is 7.80. The summed E-state index contributed by atoms with van der Waals surface area (Å²) in [7, 11) is 0. The van der Waals surface area contributed by atoms with Gasteiger partial charge in [0.1, 0.15) is 5.69 Å². The van der Waals surface area contributed by atoms with E-state index in [0.717, 1.165) is 10.9 Å². The number of carbonyl (C=O) groups excluding carboxylic acids is 2. The predicted molar refractivity (Wildman–Crippen MR) is 95.1 cm³/mol. The highest BCUT2D eigenvalue weighted by atomic mass is 35.5. The summed E-state index contributed by atoms with van der Waals surface area (Å²) in [6.45, 7) is 3.42. The third kappa shape index (κ3) is 4.27. The van der Waals surface area contributed by atoms with Gasteiger partial charge in [-0.25, -0.2) is 9.99 Å². The zero-order valence-electron chi connectivity index (χ0n) is 14.0. The first-order chi connectivity index (χ1) is 12.1. The van der Waals surface area contributed by atoms with Crippen LogP contribution in [0.5, 0.6) is 0 Å². The molecule has 1 amide bonds. The van der Waals surface area contributed by atoms with Crippen molar-refractivity contribution >= 4 is 34.4 Å². The van der Waals surface area contributed by atoms with Crippen LogP contribution >= 0.6 is 11.6 Å². The van der Waals surface area contributed by atoms with E-state index in [-0.39, 0.29) is 17.8 Å². The molecule has 1 N–H and O–H groups in total. The highest BCUT2D eigenvalue weighted by Crippen LogP contribution is 2.19. The van der Waals surface area contributed by atoms with Gasteiger partial charge in [0, 0.05) is 23.5 Å². The molecule has 6 nitrogen and oxygen atoms in total. The predicted octanol–water partition coefficient (Wildman–Crippen LogP) is 2.81. The normalized spacial score (nSPS) is 15.9. The molecule has 3 rings (SSSR count). The molecule has 1 saturated heterocycles. The van der Waals surface area contributed by atoms with Gasteiger partial charge in [0.25, 0.3) is 5.91 Å². The van der Waals surface area contributed by atoms with Crippen molar-refractivity contribution in [1.82, 2.24) is 15.4 Å². The molecule has 7 heteroatoms. The van der Waals surface area contributed by atoms with Gasteiger partial charge >= 0.3 is 5.97 Å². The Bertz CT molecular complexity index is 788. The summed E-state index contributed by atoms with van der Waals surface area (Å²) in [6.07, 6.45) is 1.34. The summed E-state index contributed by atoms with van der Waals surface area (Å²) < 4.78 is 5.05. The zero-order valence-corrected chi connectivity index (χ0v) is 14.8. The fourth-order valence-electron chi connectivity index (χ4n) is 2.91. The molecule has 1 aliphatic rings. The number of pyridine rings is 1. The molecule has 0 bridgehead atoms. The first-order valence-corrected chi connectivity index (χ1v) is 8.73. The van der Waals surface area contributed by atoms with Gasteiger partial charge < -0.3 is 4.74 Å². The van der Waals surface area contributed by atoms with Crippen LogP contribution < -0.4 is 5.43 Å². The van der Waals surface area contributed by atoms with Gasteiger partial charge in [0.2, 0.25) is 0 Å². The molecule has 1 aliphatic heterocycles. The Morgan fingerprint density at radius 2 is 2.04 bits per heavy atom. The lowest BCUT2D eigenvalue weighted by molar-refractivity contribution is -0.149. The zero-order chi connectivity index (χ0) is 17.8. The number of hydrogen-bond acceptors (Lipinski definition) is 5. The van der Waals surface area contributed by atoms with Gasteiger partial charge in [-0.2, -0.15) is 0 Å². The van der Waals surface area contributed by atoms with Crippen LogP contribution in [0.4, 0.5) is 0 Å². The van der Waals surface area contributed by atoms with Gasteiger partial charge in [-0.1, -0.05) is 17.7 Å². The Morgan fingerprint density at radius 3 is 2.76 bits per heavy atom. The summed E-state index contributed by atoms with van der Waals surface area (Å²) in [5.74, 6) is -0.494. The van der Waals surface area contributed by atoms with Crippen molar-refractivity contribution in [2.45, 2.75) is 19.8 Å². The minimum atomic E-state index is -0.258. The van der Waals surface area contributed by atoms with Crippen molar-refractivity contribution in [3.8, 4) is 0 Å². The Kier molecular flexibility index (Phi) is 5.50. The van der Waals surface area contributed by atoms with E-state index in [1.807, 2.05) is 17.1 Å². The molecule has 2 aromatic rings. The van der Waals surface area contributed by atoms with Crippen LogP contribution in [0, 0.1) is 5.92 Å². The van der Waals surface area contributed by atoms with Crippen molar-refractivity contribution < 1.29 is 14.3 Å². The average Bonchev–Trinajstić information content (AvgIpc) is 2.62. The fourth-order valence-corrected chi connectivity index (χ4v) is 3.09. The van der Waals surface area contributed by atoms with Crippen LogP contribution in [-0.4, -0.2) is 41.6 Å². The highest BCUT2D eigenvalue weighted by Gasteiger charge is 2.27. The first-order valence-electron chi connectivity index (χ1n) is 8.35. The number of nitrogens with zero attached hydrogens (tertiary/aromatic N) is 2. The van der Waals surface area contributed by atoms with Crippen LogP contribution in [0.25, 0.3) is 10.9 Å². The Morgan fingerprint density at radius 1 is 1.28 bits per heavy atom. The summed E-state index contributed by atoms with van der Waals surface area (Å²) in [6, 6.07) is 8.86. The fraction of sp³-hybridized carbons (Fsp3) is 0.389. The molecule has 1 aromatic heterocycles. The van der Waals surface area contributed by atoms with Gasteiger partial charge in [0.15, 0.2) is 0 Å². The Balaban J connectivity index is 1.60. The molecule has 2 heterocycles. The number of halogens is 1. The van der Waals surface area contributed by atoms with E-state index in [9.17, 15) is 9.59 Å². The van der Waals surface area contributed by atoms with Crippen LogP contribution in [0.1, 0.15) is 30.3 Å².